The second kappa shape index (κ2) is 6.12. The fourth-order valence-electron chi connectivity index (χ4n) is 3.25. The lowest BCUT2D eigenvalue weighted by Gasteiger charge is -2.25. The van der Waals surface area contributed by atoms with Gasteiger partial charge in [-0.2, -0.15) is 0 Å². The van der Waals surface area contributed by atoms with Gasteiger partial charge in [-0.25, -0.2) is 8.42 Å². The second-order valence-corrected chi connectivity index (χ2v) is 8.21. The van der Waals surface area contributed by atoms with Gasteiger partial charge in [0, 0.05) is 12.8 Å². The molecule has 132 valence electrons. The number of nitro benzene ring substituents is 1. The van der Waals surface area contributed by atoms with Crippen molar-refractivity contribution in [1.29, 1.82) is 0 Å². The largest absolute Gasteiger partial charge is 0.383 e. The number of nitro groups is 1. The van der Waals surface area contributed by atoms with E-state index in [4.69, 9.17) is 0 Å². The third-order valence-corrected chi connectivity index (χ3v) is 5.61. The Balaban J connectivity index is 1.94. The fourth-order valence-corrected chi connectivity index (χ4v) is 4.11. The van der Waals surface area contributed by atoms with Gasteiger partial charge in [0.05, 0.1) is 4.92 Å². The lowest BCUT2D eigenvalue weighted by molar-refractivity contribution is -0.386. The number of rotatable bonds is 5. The highest BCUT2D eigenvalue weighted by Gasteiger charge is 2.37. The van der Waals surface area contributed by atoms with Crippen LogP contribution in [-0.2, 0) is 21.9 Å². The van der Waals surface area contributed by atoms with Crippen LogP contribution >= 0.6 is 0 Å². The molecule has 2 aromatic carbocycles. The first-order valence-electron chi connectivity index (χ1n) is 7.74. The van der Waals surface area contributed by atoms with Crippen molar-refractivity contribution in [1.82, 2.24) is 0 Å². The maximum Gasteiger partial charge on any atom is 0.310 e. The minimum Gasteiger partial charge on any atom is -0.383 e. The number of nitrogens with one attached hydrogen (secondary N) is 1. The molecule has 1 atom stereocenters. The summed E-state index contributed by atoms with van der Waals surface area (Å²) in [5.41, 5.74) is 0.271. The van der Waals surface area contributed by atoms with Crippen molar-refractivity contribution in [2.75, 3.05) is 18.1 Å². The molecule has 7 nitrogen and oxygen atoms in total. The van der Waals surface area contributed by atoms with E-state index < -0.39 is 26.0 Å². The van der Waals surface area contributed by atoms with Crippen molar-refractivity contribution in [2.24, 2.45) is 0 Å². The van der Waals surface area contributed by atoms with Crippen LogP contribution in [0.25, 0.3) is 0 Å². The number of para-hydroxylation sites is 1. The summed E-state index contributed by atoms with van der Waals surface area (Å²) >= 11 is 0. The summed E-state index contributed by atoms with van der Waals surface area (Å²) in [5, 5.41) is 25.2. The third-order valence-electron chi connectivity index (χ3n) is 4.48. The maximum absolute atomic E-state index is 11.8. The second-order valence-electron chi connectivity index (χ2n) is 6.22. The van der Waals surface area contributed by atoms with Gasteiger partial charge in [0.1, 0.15) is 16.2 Å². The average Bonchev–Trinajstić information content (AvgIpc) is 2.90. The monoisotopic (exact) mass is 362 g/mol. The molecule has 0 bridgehead atoms. The van der Waals surface area contributed by atoms with E-state index in [1.165, 1.54) is 18.2 Å². The molecule has 1 aliphatic carbocycles. The zero-order chi connectivity index (χ0) is 18.2. The van der Waals surface area contributed by atoms with Gasteiger partial charge in [-0.3, -0.25) is 10.1 Å². The highest BCUT2D eigenvalue weighted by Crippen LogP contribution is 2.38. The van der Waals surface area contributed by atoms with Crippen molar-refractivity contribution in [3.8, 4) is 0 Å². The van der Waals surface area contributed by atoms with Gasteiger partial charge in [0.15, 0.2) is 9.84 Å². The van der Waals surface area contributed by atoms with Crippen LogP contribution in [0.3, 0.4) is 0 Å². The third kappa shape index (κ3) is 3.22. The van der Waals surface area contributed by atoms with E-state index >= 15 is 0 Å². The van der Waals surface area contributed by atoms with Crippen molar-refractivity contribution in [3.63, 3.8) is 0 Å². The van der Waals surface area contributed by atoms with Gasteiger partial charge in [-0.15, -0.1) is 0 Å². The van der Waals surface area contributed by atoms with Crippen molar-refractivity contribution in [2.45, 2.75) is 23.3 Å². The van der Waals surface area contributed by atoms with Gasteiger partial charge in [0.25, 0.3) is 0 Å². The van der Waals surface area contributed by atoms with Crippen molar-refractivity contribution >= 4 is 21.2 Å². The minimum absolute atomic E-state index is 0.0536. The zero-order valence-corrected chi connectivity index (χ0v) is 14.4. The molecule has 0 aliphatic heterocycles. The summed E-state index contributed by atoms with van der Waals surface area (Å²) < 4.78 is 23.6. The van der Waals surface area contributed by atoms with E-state index in [9.17, 15) is 23.6 Å². The summed E-state index contributed by atoms with van der Waals surface area (Å²) in [5.74, 6) is 0. The number of hydrogen-bond donors (Lipinski definition) is 2. The number of aryl methyl sites for hydroxylation is 1. The van der Waals surface area contributed by atoms with Crippen LogP contribution in [0.4, 0.5) is 11.4 Å². The highest BCUT2D eigenvalue weighted by atomic mass is 32.2. The predicted octanol–water partition coefficient (Wildman–Crippen LogP) is 2.24. The smallest absolute Gasteiger partial charge is 0.310 e. The molecule has 25 heavy (non-hydrogen) atoms. The average molecular weight is 362 g/mol. The Morgan fingerprint density at radius 1 is 1.24 bits per heavy atom. The number of sulfone groups is 1. The number of hydrogen-bond acceptors (Lipinski definition) is 6. The predicted molar refractivity (Wildman–Crippen MR) is 93.4 cm³/mol. The Bertz CT molecular complexity index is 942. The Labute approximate surface area is 145 Å². The first-order chi connectivity index (χ1) is 11.7. The standard InChI is InChI=1S/C17H18N2O5S/c1-25(23,24)15-8-4-7-14(16(15)19(21)22)18-11-17(20)10-9-12-5-2-3-6-13(12)17/h2-8,18,20H,9-11H2,1H3. The van der Waals surface area contributed by atoms with Gasteiger partial charge in [0.2, 0.25) is 0 Å². The van der Waals surface area contributed by atoms with Gasteiger partial charge >= 0.3 is 5.69 Å². The molecule has 0 saturated heterocycles. The quantitative estimate of drug-likeness (QED) is 0.624. The molecule has 0 fully saturated rings. The highest BCUT2D eigenvalue weighted by molar-refractivity contribution is 7.90. The van der Waals surface area contributed by atoms with E-state index in [2.05, 4.69) is 5.32 Å². The van der Waals surface area contributed by atoms with Crippen molar-refractivity contribution in [3.05, 3.63) is 63.7 Å². The Hall–Kier alpha value is -2.45. The van der Waals surface area contributed by atoms with Crippen LogP contribution in [0.5, 0.6) is 0 Å². The number of nitrogens with zero attached hydrogens (tertiary/aromatic N) is 1. The molecule has 3 rings (SSSR count). The maximum atomic E-state index is 11.8. The first kappa shape index (κ1) is 17.4. The summed E-state index contributed by atoms with van der Waals surface area (Å²) in [4.78, 5) is 10.3. The van der Waals surface area contributed by atoms with Crippen LogP contribution in [0, 0.1) is 10.1 Å². The fraction of sp³-hybridized carbons (Fsp3) is 0.294. The Morgan fingerprint density at radius 3 is 2.64 bits per heavy atom. The number of aliphatic hydroxyl groups is 1. The van der Waals surface area contributed by atoms with Crippen LogP contribution in [0.2, 0.25) is 0 Å². The van der Waals surface area contributed by atoms with Crippen LogP contribution < -0.4 is 5.32 Å². The summed E-state index contributed by atoms with van der Waals surface area (Å²) in [6.45, 7) is 0.0536. The van der Waals surface area contributed by atoms with Crippen LogP contribution in [0.15, 0.2) is 47.4 Å². The number of benzene rings is 2. The first-order valence-corrected chi connectivity index (χ1v) is 9.64. The minimum atomic E-state index is -3.75. The molecule has 1 aliphatic rings. The van der Waals surface area contributed by atoms with Crippen LogP contribution in [0.1, 0.15) is 17.5 Å². The lowest BCUT2D eigenvalue weighted by Crippen LogP contribution is -2.32. The normalized spacial score (nSPS) is 19.4. The molecular formula is C17H18N2O5S. The number of fused-ring (bicyclic) bond motifs is 1. The molecule has 0 heterocycles. The molecule has 1 unspecified atom stereocenters. The van der Waals surface area contributed by atoms with E-state index in [0.29, 0.717) is 6.42 Å². The van der Waals surface area contributed by atoms with Gasteiger partial charge in [-0.1, -0.05) is 30.3 Å². The van der Waals surface area contributed by atoms with Crippen LogP contribution in [-0.4, -0.2) is 31.2 Å². The molecular weight excluding hydrogens is 344 g/mol. The lowest BCUT2D eigenvalue weighted by atomic mass is 9.96. The Kier molecular flexibility index (Phi) is 4.26. The van der Waals surface area contributed by atoms with Crippen molar-refractivity contribution < 1.29 is 18.4 Å². The molecule has 0 radical (unpaired) electrons. The van der Waals surface area contributed by atoms with E-state index in [1.807, 2.05) is 24.3 Å². The SMILES string of the molecule is CS(=O)(=O)c1cccc(NCC2(O)CCc3ccccc32)c1[N+](=O)[O-]. The summed E-state index contributed by atoms with van der Waals surface area (Å²) in [7, 11) is -3.75. The molecule has 0 saturated carbocycles. The molecule has 2 N–H and O–H groups in total. The van der Waals surface area contributed by atoms with E-state index in [-0.39, 0.29) is 17.1 Å². The topological polar surface area (TPSA) is 110 Å². The van der Waals surface area contributed by atoms with E-state index in [0.717, 1.165) is 23.8 Å². The Morgan fingerprint density at radius 2 is 1.96 bits per heavy atom. The van der Waals surface area contributed by atoms with Gasteiger partial charge < -0.3 is 10.4 Å². The molecule has 8 heteroatoms. The molecule has 2 aromatic rings. The molecule has 0 amide bonds. The zero-order valence-electron chi connectivity index (χ0n) is 13.6. The summed E-state index contributed by atoms with van der Waals surface area (Å²) in [6, 6.07) is 11.6. The van der Waals surface area contributed by atoms with E-state index in [1.54, 1.807) is 0 Å². The summed E-state index contributed by atoms with van der Waals surface area (Å²) in [6.07, 6.45) is 2.15. The number of anilines is 1. The molecule has 0 spiro atoms. The van der Waals surface area contributed by atoms with Gasteiger partial charge in [-0.05, 0) is 36.1 Å². The molecule has 0 aromatic heterocycles.